The number of benzene rings is 1. The maximum Gasteiger partial charge on any atom is 0.235 e. The summed E-state index contributed by atoms with van der Waals surface area (Å²) in [4.78, 5) is 8.55. The smallest absolute Gasteiger partial charge is 0.235 e. The largest absolute Gasteiger partial charge is 0.438 e. The van der Waals surface area contributed by atoms with Crippen molar-refractivity contribution in [1.29, 1.82) is 0 Å². The summed E-state index contributed by atoms with van der Waals surface area (Å²) in [5, 5.41) is 3.24. The van der Waals surface area contributed by atoms with E-state index < -0.39 is 0 Å². The normalized spacial score (nSPS) is 10.0. The van der Waals surface area contributed by atoms with Crippen LogP contribution in [0.4, 0.5) is 11.5 Å². The minimum absolute atomic E-state index is 0.405. The summed E-state index contributed by atoms with van der Waals surface area (Å²) >= 11 is 0. The number of ether oxygens (including phenoxy) is 2. The predicted molar refractivity (Wildman–Crippen MR) is 111 cm³/mol. The number of nitrogens with zero attached hydrogens (tertiary/aromatic N) is 2. The minimum Gasteiger partial charge on any atom is -0.438 e. The predicted octanol–water partition coefficient (Wildman–Crippen LogP) is 5.18. The molecule has 0 fully saturated rings. The second-order valence-electron chi connectivity index (χ2n) is 6.03. The Morgan fingerprint density at radius 3 is 2.61 bits per heavy atom. The van der Waals surface area contributed by atoms with Crippen LogP contribution in [0.5, 0.6) is 11.6 Å². The SMILES string of the molecule is CCCCOCC#Cc1cccnc1Oc1ccc(Nc2ccccn2)cc1. The third-order valence-electron chi connectivity index (χ3n) is 3.82. The van der Waals surface area contributed by atoms with Gasteiger partial charge in [-0.05, 0) is 55.0 Å². The van der Waals surface area contributed by atoms with E-state index in [1.807, 2.05) is 54.6 Å². The number of rotatable bonds is 8. The number of pyridine rings is 2. The van der Waals surface area contributed by atoms with E-state index in [-0.39, 0.29) is 0 Å². The Bertz CT molecular complexity index is 916. The molecule has 28 heavy (non-hydrogen) atoms. The van der Waals surface area contributed by atoms with Crippen molar-refractivity contribution in [3.63, 3.8) is 0 Å². The highest BCUT2D eigenvalue weighted by atomic mass is 16.5. The van der Waals surface area contributed by atoms with Crippen molar-refractivity contribution in [3.8, 4) is 23.5 Å². The van der Waals surface area contributed by atoms with E-state index in [9.17, 15) is 0 Å². The first-order valence-electron chi connectivity index (χ1n) is 9.33. The van der Waals surface area contributed by atoms with Crippen molar-refractivity contribution in [3.05, 3.63) is 72.6 Å². The van der Waals surface area contributed by atoms with Crippen molar-refractivity contribution < 1.29 is 9.47 Å². The van der Waals surface area contributed by atoms with Crippen molar-refractivity contribution in [2.75, 3.05) is 18.5 Å². The number of nitrogens with one attached hydrogen (secondary N) is 1. The minimum atomic E-state index is 0.405. The molecule has 0 bridgehead atoms. The van der Waals surface area contributed by atoms with Gasteiger partial charge in [0.25, 0.3) is 0 Å². The summed E-state index contributed by atoms with van der Waals surface area (Å²) in [6.45, 7) is 3.28. The molecule has 5 nitrogen and oxygen atoms in total. The Labute approximate surface area is 165 Å². The second kappa shape index (κ2) is 10.7. The van der Waals surface area contributed by atoms with Crippen LogP contribution in [0.2, 0.25) is 0 Å². The summed E-state index contributed by atoms with van der Waals surface area (Å²) in [5.74, 6) is 8.04. The molecule has 2 aromatic heterocycles. The van der Waals surface area contributed by atoms with E-state index in [1.165, 1.54) is 0 Å². The molecule has 0 aliphatic carbocycles. The number of unbranched alkanes of at least 4 members (excludes halogenated alkanes) is 1. The van der Waals surface area contributed by atoms with E-state index in [1.54, 1.807) is 12.4 Å². The zero-order chi connectivity index (χ0) is 19.4. The molecule has 3 aromatic rings. The highest BCUT2D eigenvalue weighted by Gasteiger charge is 2.04. The molecule has 1 aromatic carbocycles. The van der Waals surface area contributed by atoms with Crippen LogP contribution in [0.1, 0.15) is 25.3 Å². The van der Waals surface area contributed by atoms with Crippen molar-refractivity contribution in [1.82, 2.24) is 9.97 Å². The summed E-state index contributed by atoms with van der Waals surface area (Å²) in [7, 11) is 0. The van der Waals surface area contributed by atoms with E-state index in [4.69, 9.17) is 9.47 Å². The van der Waals surface area contributed by atoms with E-state index >= 15 is 0 Å². The highest BCUT2D eigenvalue weighted by molar-refractivity contribution is 5.57. The van der Waals surface area contributed by atoms with Crippen LogP contribution in [-0.2, 0) is 4.74 Å². The first kappa shape index (κ1) is 19.4. The first-order chi connectivity index (χ1) is 13.8. The van der Waals surface area contributed by atoms with Gasteiger partial charge in [0.15, 0.2) is 0 Å². The van der Waals surface area contributed by atoms with Gasteiger partial charge in [0, 0.05) is 24.7 Å². The van der Waals surface area contributed by atoms with Gasteiger partial charge in [0.05, 0.1) is 5.56 Å². The summed E-state index contributed by atoms with van der Waals surface area (Å²) < 4.78 is 11.4. The zero-order valence-electron chi connectivity index (χ0n) is 15.9. The van der Waals surface area contributed by atoms with Gasteiger partial charge in [-0.25, -0.2) is 9.97 Å². The van der Waals surface area contributed by atoms with Crippen molar-refractivity contribution in [2.45, 2.75) is 19.8 Å². The standard InChI is InChI=1S/C23H23N3O2/c1-2-3-17-27-18-7-9-19-8-6-16-25-23(19)28-21-13-11-20(12-14-21)26-22-10-4-5-15-24-22/h4-6,8,10-16H,2-3,17-18H2,1H3,(H,24,26). The highest BCUT2D eigenvalue weighted by Crippen LogP contribution is 2.24. The quantitative estimate of drug-likeness (QED) is 0.435. The summed E-state index contributed by atoms with van der Waals surface area (Å²) in [6, 6.07) is 17.1. The lowest BCUT2D eigenvalue weighted by Crippen LogP contribution is -1.95. The van der Waals surface area contributed by atoms with Crippen LogP contribution < -0.4 is 10.1 Å². The molecule has 0 saturated carbocycles. The van der Waals surface area contributed by atoms with Gasteiger partial charge >= 0.3 is 0 Å². The Morgan fingerprint density at radius 1 is 0.964 bits per heavy atom. The van der Waals surface area contributed by atoms with Gasteiger partial charge in [-0.15, -0.1) is 0 Å². The van der Waals surface area contributed by atoms with E-state index in [2.05, 4.69) is 34.0 Å². The number of anilines is 2. The first-order valence-corrected chi connectivity index (χ1v) is 9.33. The average Bonchev–Trinajstić information content (AvgIpc) is 2.74. The Balaban J connectivity index is 1.61. The molecule has 0 spiro atoms. The molecule has 0 amide bonds. The second-order valence-corrected chi connectivity index (χ2v) is 6.03. The average molecular weight is 373 g/mol. The lowest BCUT2D eigenvalue weighted by atomic mass is 10.2. The molecule has 142 valence electrons. The molecule has 1 N–H and O–H groups in total. The van der Waals surface area contributed by atoms with Crippen LogP contribution in [0.25, 0.3) is 0 Å². The van der Waals surface area contributed by atoms with Gasteiger partial charge in [-0.2, -0.15) is 0 Å². The monoisotopic (exact) mass is 373 g/mol. The van der Waals surface area contributed by atoms with Gasteiger partial charge in [0.2, 0.25) is 5.88 Å². The third-order valence-corrected chi connectivity index (χ3v) is 3.82. The molecule has 0 atom stereocenters. The third kappa shape index (κ3) is 6.11. The van der Waals surface area contributed by atoms with Gasteiger partial charge in [-0.3, -0.25) is 0 Å². The topological polar surface area (TPSA) is 56.3 Å². The fourth-order valence-corrected chi connectivity index (χ4v) is 2.37. The maximum absolute atomic E-state index is 5.91. The molecule has 0 radical (unpaired) electrons. The van der Waals surface area contributed by atoms with Crippen molar-refractivity contribution in [2.24, 2.45) is 0 Å². The van der Waals surface area contributed by atoms with Gasteiger partial charge < -0.3 is 14.8 Å². The maximum atomic E-state index is 5.91. The molecule has 0 saturated heterocycles. The van der Waals surface area contributed by atoms with Crippen LogP contribution in [0.15, 0.2) is 67.0 Å². The Morgan fingerprint density at radius 2 is 1.82 bits per heavy atom. The van der Waals surface area contributed by atoms with E-state index in [0.29, 0.717) is 18.2 Å². The van der Waals surface area contributed by atoms with Crippen LogP contribution in [-0.4, -0.2) is 23.2 Å². The molecule has 0 unspecified atom stereocenters. The lowest BCUT2D eigenvalue weighted by Gasteiger charge is -2.08. The number of hydrogen-bond acceptors (Lipinski definition) is 5. The van der Waals surface area contributed by atoms with Gasteiger partial charge in [-0.1, -0.05) is 31.3 Å². The van der Waals surface area contributed by atoms with Gasteiger partial charge in [0.1, 0.15) is 18.2 Å². The molecule has 0 aliphatic heterocycles. The Kier molecular flexibility index (Phi) is 7.42. The molecular weight excluding hydrogens is 350 g/mol. The summed E-state index contributed by atoms with van der Waals surface area (Å²) in [6.07, 6.45) is 5.60. The lowest BCUT2D eigenvalue weighted by molar-refractivity contribution is 0.163. The van der Waals surface area contributed by atoms with Crippen LogP contribution in [0, 0.1) is 11.8 Å². The Hall–Kier alpha value is -3.36. The molecule has 3 rings (SSSR count). The fourth-order valence-electron chi connectivity index (χ4n) is 2.37. The van der Waals surface area contributed by atoms with E-state index in [0.717, 1.165) is 36.5 Å². The molecular formula is C23H23N3O2. The number of hydrogen-bond donors (Lipinski definition) is 1. The number of aromatic nitrogens is 2. The summed E-state index contributed by atoms with van der Waals surface area (Å²) in [5.41, 5.74) is 1.66. The van der Waals surface area contributed by atoms with Crippen LogP contribution in [0.3, 0.4) is 0 Å². The zero-order valence-corrected chi connectivity index (χ0v) is 15.9. The molecule has 2 heterocycles. The fraction of sp³-hybridized carbons (Fsp3) is 0.217. The molecule has 0 aliphatic rings. The van der Waals surface area contributed by atoms with Crippen LogP contribution >= 0.6 is 0 Å². The van der Waals surface area contributed by atoms with Crippen molar-refractivity contribution >= 4 is 11.5 Å². The molecule has 5 heteroatoms.